The summed E-state index contributed by atoms with van der Waals surface area (Å²) in [6.07, 6.45) is 10.1. The molecular weight excluding hydrogens is 207 g/mol. The topological polar surface area (TPSA) is 24.5 Å². The Hall–Kier alpha value is -0.870. The molecule has 2 aliphatic heterocycles. The highest BCUT2D eigenvalue weighted by Gasteiger charge is 2.21. The highest BCUT2D eigenvalue weighted by atomic mass is 19.1. The van der Waals surface area contributed by atoms with Crippen LogP contribution in [0.4, 0.5) is 4.39 Å². The van der Waals surface area contributed by atoms with Crippen LogP contribution in [0.25, 0.3) is 0 Å². The lowest BCUT2D eigenvalue weighted by Crippen LogP contribution is -2.41. The van der Waals surface area contributed by atoms with E-state index in [4.69, 9.17) is 4.74 Å². The van der Waals surface area contributed by atoms with Crippen molar-refractivity contribution in [3.8, 4) is 0 Å². The summed E-state index contributed by atoms with van der Waals surface area (Å²) in [4.78, 5) is 2.16. The molecule has 0 amide bonds. The quantitative estimate of drug-likeness (QED) is 0.785. The molecule has 0 bridgehead atoms. The van der Waals surface area contributed by atoms with Gasteiger partial charge in [-0.2, -0.15) is 0 Å². The Balaban J connectivity index is 1.69. The fourth-order valence-electron chi connectivity index (χ4n) is 2.11. The summed E-state index contributed by atoms with van der Waals surface area (Å²) in [5.41, 5.74) is 0. The molecular formula is C12H19FN2O. The Labute approximate surface area is 96.0 Å². The monoisotopic (exact) mass is 226 g/mol. The van der Waals surface area contributed by atoms with Gasteiger partial charge in [0.15, 0.2) is 0 Å². The number of likely N-dealkylation sites (tertiary alicyclic amines) is 1. The van der Waals surface area contributed by atoms with E-state index in [1.807, 2.05) is 24.4 Å². The molecule has 90 valence electrons. The summed E-state index contributed by atoms with van der Waals surface area (Å²) < 4.78 is 18.0. The van der Waals surface area contributed by atoms with Gasteiger partial charge in [0.25, 0.3) is 0 Å². The fourth-order valence-corrected chi connectivity index (χ4v) is 2.11. The van der Waals surface area contributed by atoms with Crippen molar-refractivity contribution in [3.63, 3.8) is 0 Å². The molecule has 0 spiro atoms. The highest BCUT2D eigenvalue weighted by Crippen LogP contribution is 2.15. The van der Waals surface area contributed by atoms with E-state index in [-0.39, 0.29) is 12.9 Å². The van der Waals surface area contributed by atoms with Crippen LogP contribution in [0.1, 0.15) is 12.8 Å². The molecule has 2 aliphatic rings. The van der Waals surface area contributed by atoms with Crippen LogP contribution in [0.15, 0.2) is 24.4 Å². The predicted molar refractivity (Wildman–Crippen MR) is 61.7 cm³/mol. The van der Waals surface area contributed by atoms with Crippen molar-refractivity contribution in [1.29, 1.82) is 0 Å². The number of dihydropyridines is 1. The second-order valence-corrected chi connectivity index (χ2v) is 4.20. The van der Waals surface area contributed by atoms with Gasteiger partial charge in [-0.05, 0) is 31.2 Å². The first-order valence-corrected chi connectivity index (χ1v) is 5.91. The molecule has 1 unspecified atom stereocenters. The van der Waals surface area contributed by atoms with Gasteiger partial charge in [-0.1, -0.05) is 6.08 Å². The zero-order chi connectivity index (χ0) is 11.2. The van der Waals surface area contributed by atoms with Gasteiger partial charge in [-0.25, -0.2) is 4.39 Å². The van der Waals surface area contributed by atoms with Crippen LogP contribution in [0.3, 0.4) is 0 Å². The van der Waals surface area contributed by atoms with E-state index in [1.165, 1.54) is 0 Å². The van der Waals surface area contributed by atoms with E-state index >= 15 is 0 Å². The van der Waals surface area contributed by atoms with Crippen LogP contribution in [0.2, 0.25) is 0 Å². The zero-order valence-corrected chi connectivity index (χ0v) is 9.44. The van der Waals surface area contributed by atoms with Crippen LogP contribution >= 0.6 is 0 Å². The Morgan fingerprint density at radius 2 is 2.12 bits per heavy atom. The molecule has 0 radical (unpaired) electrons. The standard InChI is InChI=1S/C12H19FN2O/c13-6-10-15-8-4-11(5-9-15)16-12-3-1-2-7-14-12/h1-3,7,11-12,14H,4-6,8-10H2. The number of nitrogens with one attached hydrogen (secondary N) is 1. The maximum absolute atomic E-state index is 12.1. The minimum absolute atomic E-state index is 0.00252. The zero-order valence-electron chi connectivity index (χ0n) is 9.44. The molecule has 0 aromatic carbocycles. The molecule has 1 atom stereocenters. The molecule has 2 rings (SSSR count). The third kappa shape index (κ3) is 3.32. The Morgan fingerprint density at radius 3 is 2.75 bits per heavy atom. The number of hydrogen-bond donors (Lipinski definition) is 1. The second-order valence-electron chi connectivity index (χ2n) is 4.20. The Bertz CT molecular complexity index is 260. The van der Waals surface area contributed by atoms with Crippen LogP contribution < -0.4 is 5.32 Å². The first kappa shape index (κ1) is 11.6. The van der Waals surface area contributed by atoms with Gasteiger partial charge in [-0.15, -0.1) is 0 Å². The first-order valence-electron chi connectivity index (χ1n) is 5.91. The van der Waals surface area contributed by atoms with Gasteiger partial charge in [0.2, 0.25) is 0 Å². The van der Waals surface area contributed by atoms with E-state index in [2.05, 4.69) is 10.2 Å². The number of piperidine rings is 1. The van der Waals surface area contributed by atoms with Gasteiger partial charge < -0.3 is 15.0 Å². The van der Waals surface area contributed by atoms with Gasteiger partial charge in [0.1, 0.15) is 12.9 Å². The van der Waals surface area contributed by atoms with Crippen molar-refractivity contribution in [2.45, 2.75) is 25.2 Å². The fraction of sp³-hybridized carbons (Fsp3) is 0.667. The van der Waals surface area contributed by atoms with Crippen molar-refractivity contribution in [3.05, 3.63) is 24.4 Å². The van der Waals surface area contributed by atoms with E-state index < -0.39 is 0 Å². The normalized spacial score (nSPS) is 26.9. The van der Waals surface area contributed by atoms with Crippen molar-refractivity contribution >= 4 is 0 Å². The van der Waals surface area contributed by atoms with E-state index in [0.29, 0.717) is 12.6 Å². The maximum Gasteiger partial charge on any atom is 0.147 e. The lowest BCUT2D eigenvalue weighted by atomic mass is 10.1. The number of alkyl halides is 1. The minimum Gasteiger partial charge on any atom is -0.363 e. The molecule has 16 heavy (non-hydrogen) atoms. The lowest BCUT2D eigenvalue weighted by molar-refractivity contribution is -0.0312. The number of ether oxygens (including phenoxy) is 1. The summed E-state index contributed by atoms with van der Waals surface area (Å²) in [7, 11) is 0. The predicted octanol–water partition coefficient (Wildman–Crippen LogP) is 1.44. The van der Waals surface area contributed by atoms with Gasteiger partial charge >= 0.3 is 0 Å². The minimum atomic E-state index is -0.247. The number of rotatable bonds is 4. The summed E-state index contributed by atoms with van der Waals surface area (Å²) in [6.45, 7) is 2.21. The first-order chi connectivity index (χ1) is 7.88. The van der Waals surface area contributed by atoms with Crippen LogP contribution in [-0.2, 0) is 4.74 Å². The molecule has 0 aromatic heterocycles. The van der Waals surface area contributed by atoms with Crippen LogP contribution in [0, 0.1) is 0 Å². The molecule has 0 aliphatic carbocycles. The largest absolute Gasteiger partial charge is 0.363 e. The second kappa shape index (κ2) is 6.01. The lowest BCUT2D eigenvalue weighted by Gasteiger charge is -2.33. The molecule has 4 heteroatoms. The van der Waals surface area contributed by atoms with E-state index in [9.17, 15) is 4.39 Å². The van der Waals surface area contributed by atoms with Crippen molar-refractivity contribution in [1.82, 2.24) is 10.2 Å². The summed E-state index contributed by atoms with van der Waals surface area (Å²) in [5.74, 6) is 0. The average Bonchev–Trinajstić information content (AvgIpc) is 2.33. The third-order valence-electron chi connectivity index (χ3n) is 3.03. The van der Waals surface area contributed by atoms with Crippen molar-refractivity contribution in [2.75, 3.05) is 26.3 Å². The highest BCUT2D eigenvalue weighted by molar-refractivity contribution is 5.09. The van der Waals surface area contributed by atoms with E-state index in [1.54, 1.807) is 0 Å². The number of halogens is 1. The number of nitrogens with zero attached hydrogens (tertiary/aromatic N) is 1. The van der Waals surface area contributed by atoms with Gasteiger partial charge in [0, 0.05) is 19.6 Å². The Morgan fingerprint density at radius 1 is 1.31 bits per heavy atom. The maximum atomic E-state index is 12.1. The Kier molecular flexibility index (Phi) is 4.36. The number of hydrogen-bond acceptors (Lipinski definition) is 3. The summed E-state index contributed by atoms with van der Waals surface area (Å²) in [5, 5.41) is 3.14. The SMILES string of the molecule is FCCN1CCC(OC2C=CC=CN2)CC1. The molecule has 0 saturated carbocycles. The molecule has 1 N–H and O–H groups in total. The molecule has 0 aromatic rings. The van der Waals surface area contributed by atoms with Crippen LogP contribution in [0.5, 0.6) is 0 Å². The molecule has 2 heterocycles. The van der Waals surface area contributed by atoms with Gasteiger partial charge in [-0.3, -0.25) is 0 Å². The van der Waals surface area contributed by atoms with E-state index in [0.717, 1.165) is 25.9 Å². The number of allylic oxidation sites excluding steroid dienone is 2. The van der Waals surface area contributed by atoms with Crippen molar-refractivity contribution < 1.29 is 9.13 Å². The summed E-state index contributed by atoms with van der Waals surface area (Å²) in [6, 6.07) is 0. The average molecular weight is 226 g/mol. The molecule has 3 nitrogen and oxygen atoms in total. The molecule has 1 fully saturated rings. The third-order valence-corrected chi connectivity index (χ3v) is 3.03. The van der Waals surface area contributed by atoms with Gasteiger partial charge in [0.05, 0.1) is 6.10 Å². The van der Waals surface area contributed by atoms with Crippen LogP contribution in [-0.4, -0.2) is 43.5 Å². The summed E-state index contributed by atoms with van der Waals surface area (Å²) >= 11 is 0. The smallest absolute Gasteiger partial charge is 0.147 e. The van der Waals surface area contributed by atoms with Crippen molar-refractivity contribution in [2.24, 2.45) is 0 Å². The molecule has 1 saturated heterocycles.